The molecule has 4 nitrogen and oxygen atoms in total. The summed E-state index contributed by atoms with van der Waals surface area (Å²) in [7, 11) is 0. The van der Waals surface area contributed by atoms with Crippen molar-refractivity contribution in [3.8, 4) is 0 Å². The molecule has 21 heavy (non-hydrogen) atoms. The first kappa shape index (κ1) is 17.9. The first-order valence-corrected chi connectivity index (χ1v) is 8.43. The molecule has 6 heteroatoms. The minimum absolute atomic E-state index is 0.0576. The normalized spacial score (nSPS) is 12.0. The first-order chi connectivity index (χ1) is 9.93. The number of halogens is 1. The van der Waals surface area contributed by atoms with Crippen LogP contribution >= 0.6 is 23.4 Å². The van der Waals surface area contributed by atoms with Crippen LogP contribution in [0.25, 0.3) is 0 Å². The number of esters is 1. The average Bonchev–Trinajstić information content (AvgIpc) is 2.37. The van der Waals surface area contributed by atoms with Crippen LogP contribution in [0.1, 0.15) is 31.9 Å². The van der Waals surface area contributed by atoms with Gasteiger partial charge < -0.3 is 10.1 Å². The summed E-state index contributed by atoms with van der Waals surface area (Å²) < 4.78 is 5.15. The Labute approximate surface area is 134 Å². The second-order valence-electron chi connectivity index (χ2n) is 4.82. The molecule has 0 aliphatic heterocycles. The number of carbonyl (C=O) groups excluding carboxylic acids is 2. The van der Waals surface area contributed by atoms with Gasteiger partial charge >= 0.3 is 5.97 Å². The quantitative estimate of drug-likeness (QED) is 0.780. The van der Waals surface area contributed by atoms with Gasteiger partial charge in [0.05, 0.1) is 24.3 Å². The van der Waals surface area contributed by atoms with Crippen molar-refractivity contribution in [2.45, 2.75) is 32.4 Å². The Hall–Kier alpha value is -1.20. The summed E-state index contributed by atoms with van der Waals surface area (Å²) in [6, 6.07) is 6.68. The molecular formula is C15H20ClNO3S. The average molecular weight is 330 g/mol. The van der Waals surface area contributed by atoms with E-state index in [-0.39, 0.29) is 24.4 Å². The van der Waals surface area contributed by atoms with Crippen LogP contribution in [0.15, 0.2) is 24.3 Å². The van der Waals surface area contributed by atoms with Crippen molar-refractivity contribution < 1.29 is 14.3 Å². The van der Waals surface area contributed by atoms with Crippen LogP contribution in [0.3, 0.4) is 0 Å². The third kappa shape index (κ3) is 6.40. The van der Waals surface area contributed by atoms with Crippen molar-refractivity contribution in [3.63, 3.8) is 0 Å². The number of nitrogens with one attached hydrogen (secondary N) is 1. The lowest BCUT2D eigenvalue weighted by Gasteiger charge is -2.20. The van der Waals surface area contributed by atoms with Gasteiger partial charge in [-0.15, -0.1) is 0 Å². The number of hydrogen-bond donors (Lipinski definition) is 1. The summed E-state index contributed by atoms with van der Waals surface area (Å²) in [5.41, 5.74) is 0.717. The number of carbonyl (C=O) groups is 2. The fourth-order valence-corrected chi connectivity index (χ4v) is 2.45. The topological polar surface area (TPSA) is 55.4 Å². The molecule has 0 fully saturated rings. The molecule has 0 aromatic heterocycles. The summed E-state index contributed by atoms with van der Waals surface area (Å²) >= 11 is 7.58. The molecule has 0 saturated carbocycles. The lowest BCUT2D eigenvalue weighted by Crippen LogP contribution is -2.32. The molecule has 1 aromatic carbocycles. The van der Waals surface area contributed by atoms with E-state index in [2.05, 4.69) is 5.32 Å². The van der Waals surface area contributed by atoms with Gasteiger partial charge in [0.25, 0.3) is 0 Å². The number of amides is 1. The lowest BCUT2D eigenvalue weighted by molar-refractivity contribution is -0.148. The SMILES string of the molecule is CSCC(=O)NC(CC(=O)OC(C)C)c1ccccc1Cl. The van der Waals surface area contributed by atoms with Crippen LogP contribution in [0.5, 0.6) is 0 Å². The van der Waals surface area contributed by atoms with E-state index < -0.39 is 6.04 Å². The van der Waals surface area contributed by atoms with Gasteiger partial charge in [-0.1, -0.05) is 29.8 Å². The van der Waals surface area contributed by atoms with Crippen molar-refractivity contribution in [2.75, 3.05) is 12.0 Å². The van der Waals surface area contributed by atoms with E-state index in [4.69, 9.17) is 16.3 Å². The summed E-state index contributed by atoms with van der Waals surface area (Å²) in [5.74, 6) is -0.163. The molecule has 1 amide bonds. The smallest absolute Gasteiger partial charge is 0.308 e. The Morgan fingerprint density at radius 1 is 1.33 bits per heavy atom. The van der Waals surface area contributed by atoms with Crippen LogP contribution in [-0.2, 0) is 14.3 Å². The Bertz CT molecular complexity index is 494. The fraction of sp³-hybridized carbons (Fsp3) is 0.467. The molecule has 1 N–H and O–H groups in total. The minimum Gasteiger partial charge on any atom is -0.463 e. The van der Waals surface area contributed by atoms with Gasteiger partial charge in [-0.05, 0) is 31.7 Å². The van der Waals surface area contributed by atoms with Crippen molar-refractivity contribution in [3.05, 3.63) is 34.9 Å². The molecule has 116 valence electrons. The molecular weight excluding hydrogens is 310 g/mol. The predicted octanol–water partition coefficient (Wildman–Crippen LogP) is 3.20. The van der Waals surface area contributed by atoms with Crippen LogP contribution in [0.4, 0.5) is 0 Å². The van der Waals surface area contributed by atoms with Crippen molar-refractivity contribution in [1.29, 1.82) is 0 Å². The second-order valence-corrected chi connectivity index (χ2v) is 6.09. The number of thioether (sulfide) groups is 1. The highest BCUT2D eigenvalue weighted by molar-refractivity contribution is 7.99. The van der Waals surface area contributed by atoms with Gasteiger partial charge in [0.1, 0.15) is 0 Å². The molecule has 0 aliphatic carbocycles. The lowest BCUT2D eigenvalue weighted by atomic mass is 10.0. The zero-order chi connectivity index (χ0) is 15.8. The van der Waals surface area contributed by atoms with E-state index in [1.54, 1.807) is 32.0 Å². The van der Waals surface area contributed by atoms with Gasteiger partial charge in [0, 0.05) is 5.02 Å². The maximum Gasteiger partial charge on any atom is 0.308 e. The third-order valence-electron chi connectivity index (χ3n) is 2.63. The molecule has 1 atom stereocenters. The van der Waals surface area contributed by atoms with Crippen LogP contribution < -0.4 is 5.32 Å². The van der Waals surface area contributed by atoms with Crippen molar-refractivity contribution in [1.82, 2.24) is 5.32 Å². The maximum atomic E-state index is 11.9. The molecule has 0 aliphatic rings. The first-order valence-electron chi connectivity index (χ1n) is 6.66. The predicted molar refractivity (Wildman–Crippen MR) is 86.6 cm³/mol. The van der Waals surface area contributed by atoms with Gasteiger partial charge in [-0.25, -0.2) is 0 Å². The Morgan fingerprint density at radius 3 is 2.57 bits per heavy atom. The zero-order valence-corrected chi connectivity index (χ0v) is 14.0. The van der Waals surface area contributed by atoms with E-state index in [0.29, 0.717) is 16.3 Å². The summed E-state index contributed by atoms with van der Waals surface area (Å²) in [5, 5.41) is 3.35. The Kier molecular flexibility index (Phi) is 7.61. The fourth-order valence-electron chi connectivity index (χ4n) is 1.84. The van der Waals surface area contributed by atoms with Gasteiger partial charge in [0.15, 0.2) is 0 Å². The summed E-state index contributed by atoms with van der Waals surface area (Å²) in [6.07, 6.45) is 1.71. The van der Waals surface area contributed by atoms with Gasteiger partial charge in [-0.3, -0.25) is 9.59 Å². The summed E-state index contributed by atoms with van der Waals surface area (Å²) in [4.78, 5) is 23.7. The summed E-state index contributed by atoms with van der Waals surface area (Å²) in [6.45, 7) is 3.57. The molecule has 1 unspecified atom stereocenters. The molecule has 0 heterocycles. The molecule has 0 bridgehead atoms. The number of benzene rings is 1. The molecule has 0 saturated heterocycles. The second kappa shape index (κ2) is 8.95. The van der Waals surface area contributed by atoms with E-state index in [1.165, 1.54) is 11.8 Å². The van der Waals surface area contributed by atoms with E-state index in [1.807, 2.05) is 12.3 Å². The third-order valence-corrected chi connectivity index (χ3v) is 3.52. The van der Waals surface area contributed by atoms with E-state index >= 15 is 0 Å². The molecule has 1 rings (SSSR count). The number of hydrogen-bond acceptors (Lipinski definition) is 4. The van der Waals surface area contributed by atoms with Gasteiger partial charge in [0.2, 0.25) is 5.91 Å². The van der Waals surface area contributed by atoms with Crippen LogP contribution in [-0.4, -0.2) is 30.0 Å². The van der Waals surface area contributed by atoms with E-state index in [0.717, 1.165) is 0 Å². The van der Waals surface area contributed by atoms with Crippen molar-refractivity contribution in [2.24, 2.45) is 0 Å². The maximum absolute atomic E-state index is 11.9. The van der Waals surface area contributed by atoms with Crippen molar-refractivity contribution >= 4 is 35.2 Å². The molecule has 0 radical (unpaired) electrons. The highest BCUT2D eigenvalue weighted by atomic mass is 35.5. The monoisotopic (exact) mass is 329 g/mol. The Balaban J connectivity index is 2.87. The highest BCUT2D eigenvalue weighted by Crippen LogP contribution is 2.25. The number of rotatable bonds is 7. The van der Waals surface area contributed by atoms with E-state index in [9.17, 15) is 9.59 Å². The Morgan fingerprint density at radius 2 is 2.00 bits per heavy atom. The van der Waals surface area contributed by atoms with Crippen LogP contribution in [0.2, 0.25) is 5.02 Å². The standard InChI is InChI=1S/C15H20ClNO3S/c1-10(2)20-15(19)8-13(17-14(18)9-21-3)11-6-4-5-7-12(11)16/h4-7,10,13H,8-9H2,1-3H3,(H,17,18). The molecule has 0 spiro atoms. The minimum atomic E-state index is -0.482. The largest absolute Gasteiger partial charge is 0.463 e. The van der Waals surface area contributed by atoms with Gasteiger partial charge in [-0.2, -0.15) is 11.8 Å². The highest BCUT2D eigenvalue weighted by Gasteiger charge is 2.21. The molecule has 1 aromatic rings. The zero-order valence-electron chi connectivity index (χ0n) is 12.4. The number of ether oxygens (including phenoxy) is 1. The van der Waals surface area contributed by atoms with Crippen LogP contribution in [0, 0.1) is 0 Å².